The van der Waals surface area contributed by atoms with Gasteiger partial charge in [0.15, 0.2) is 0 Å². The number of hydrogen-bond donors (Lipinski definition) is 0. The maximum absolute atomic E-state index is 13.4. The number of rotatable bonds is 8. The van der Waals surface area contributed by atoms with Crippen LogP contribution in [0, 0.1) is 12.3 Å². The number of amides is 1. The van der Waals surface area contributed by atoms with E-state index in [0.717, 1.165) is 32.5 Å². The Morgan fingerprint density at radius 2 is 1.89 bits per heavy atom. The Kier molecular flexibility index (Phi) is 7.68. The Bertz CT molecular complexity index is 1210. The average Bonchev–Trinajstić information content (AvgIpc) is 3.25. The summed E-state index contributed by atoms with van der Waals surface area (Å²) in [4.78, 5) is 17.5. The topological polar surface area (TPSA) is 63.5 Å². The Morgan fingerprint density at radius 3 is 2.54 bits per heavy atom. The largest absolute Gasteiger partial charge is 0.497 e. The third kappa shape index (κ3) is 5.78. The molecule has 1 unspecified atom stereocenters. The molecular weight excluding hydrogens is 574 g/mol. The van der Waals surface area contributed by atoms with Crippen LogP contribution >= 0.6 is 31.9 Å². The molecule has 1 amide bonds. The van der Waals surface area contributed by atoms with Crippen LogP contribution in [0.1, 0.15) is 41.0 Å². The Balaban J connectivity index is 1.40. The second-order valence-corrected chi connectivity index (χ2v) is 11.7. The number of methoxy groups -OCH3 is 1. The monoisotopic (exact) mass is 603 g/mol. The van der Waals surface area contributed by atoms with Crippen molar-refractivity contribution < 1.29 is 9.53 Å². The molecule has 4 rings (SSSR count). The van der Waals surface area contributed by atoms with Crippen LogP contribution in [0.3, 0.4) is 0 Å². The first kappa shape index (κ1) is 25.9. The molecule has 0 radical (unpaired) electrons. The molecule has 1 aliphatic heterocycles. The number of carbonyl (C=O) groups is 1. The zero-order valence-corrected chi connectivity index (χ0v) is 23.9. The molecule has 1 saturated heterocycles. The molecule has 3 aromatic rings. The van der Waals surface area contributed by atoms with Gasteiger partial charge in [0.2, 0.25) is 0 Å². The molecule has 2 aromatic carbocycles. The normalized spacial score (nSPS) is 16.9. The fourth-order valence-electron chi connectivity index (χ4n) is 4.54. The second-order valence-electron chi connectivity index (χ2n) is 9.97. The number of aryl methyl sites for hydroxylation is 1. The van der Waals surface area contributed by atoms with Crippen molar-refractivity contribution in [2.75, 3.05) is 20.7 Å². The van der Waals surface area contributed by atoms with E-state index < -0.39 is 0 Å². The van der Waals surface area contributed by atoms with Gasteiger partial charge in [-0.2, -0.15) is 0 Å². The van der Waals surface area contributed by atoms with E-state index in [1.807, 2.05) is 47.0 Å². The number of ether oxygens (including phenoxy) is 1. The highest BCUT2D eigenvalue weighted by molar-refractivity contribution is 9.11. The van der Waals surface area contributed by atoms with Gasteiger partial charge < -0.3 is 9.64 Å². The molecule has 1 atom stereocenters. The summed E-state index contributed by atoms with van der Waals surface area (Å²) in [7, 11) is 3.74. The zero-order valence-electron chi connectivity index (χ0n) is 20.8. The molecule has 1 aromatic heterocycles. The van der Waals surface area contributed by atoms with Crippen LogP contribution in [-0.2, 0) is 19.6 Å². The molecule has 0 N–H and O–H groups in total. The van der Waals surface area contributed by atoms with Gasteiger partial charge in [-0.3, -0.25) is 14.4 Å². The maximum atomic E-state index is 13.4. The lowest BCUT2D eigenvalue weighted by Gasteiger charge is -2.54. The number of benzene rings is 2. The number of halogens is 2. The van der Waals surface area contributed by atoms with Crippen molar-refractivity contribution in [3.8, 4) is 5.75 Å². The van der Waals surface area contributed by atoms with Crippen LogP contribution in [0.15, 0.2) is 51.5 Å². The van der Waals surface area contributed by atoms with Crippen molar-refractivity contribution in [3.63, 3.8) is 0 Å². The van der Waals surface area contributed by atoms with E-state index in [-0.39, 0.29) is 17.4 Å². The Morgan fingerprint density at radius 1 is 1.17 bits per heavy atom. The molecular formula is C26H31Br2N5O2. The summed E-state index contributed by atoms with van der Waals surface area (Å²) in [5.74, 6) is 0.884. The zero-order chi connectivity index (χ0) is 25.3. The van der Waals surface area contributed by atoms with Gasteiger partial charge in [0.25, 0.3) is 5.91 Å². The summed E-state index contributed by atoms with van der Waals surface area (Å²) in [6.45, 7) is 9.21. The fourth-order valence-corrected chi connectivity index (χ4v) is 5.51. The maximum Gasteiger partial charge on any atom is 0.255 e. The predicted octanol–water partition coefficient (Wildman–Crippen LogP) is 5.30. The van der Waals surface area contributed by atoms with Crippen LogP contribution in [-0.4, -0.2) is 57.4 Å². The Hall–Kier alpha value is -2.23. The highest BCUT2D eigenvalue weighted by atomic mass is 79.9. The van der Waals surface area contributed by atoms with Gasteiger partial charge in [-0.15, -0.1) is 5.10 Å². The van der Waals surface area contributed by atoms with Gasteiger partial charge in [0.1, 0.15) is 5.75 Å². The quantitative estimate of drug-likeness (QED) is 0.349. The number of nitrogens with zero attached hydrogens (tertiary/aromatic N) is 5. The van der Waals surface area contributed by atoms with Crippen LogP contribution < -0.4 is 4.74 Å². The Labute approximate surface area is 223 Å². The van der Waals surface area contributed by atoms with Crippen molar-refractivity contribution in [2.45, 2.75) is 46.4 Å². The van der Waals surface area contributed by atoms with Gasteiger partial charge in [-0.05, 0) is 65.3 Å². The van der Waals surface area contributed by atoms with Crippen LogP contribution in [0.5, 0.6) is 5.75 Å². The van der Waals surface area contributed by atoms with Crippen LogP contribution in [0.25, 0.3) is 0 Å². The van der Waals surface area contributed by atoms with E-state index in [0.29, 0.717) is 25.2 Å². The summed E-state index contributed by atoms with van der Waals surface area (Å²) >= 11 is 7.12. The standard InChI is InChI=1S/C26H31Br2N5O2/c1-17-10-23(28)21(11-22(17)27)25(34)33-16-26(2,3)24(33)15-32-14-19(29-30-32)13-31(4)12-18-6-8-20(35-5)9-7-18/h6-11,14,24H,12-13,15-16H2,1-5H3. The first-order valence-corrected chi connectivity index (χ1v) is 13.1. The van der Waals surface area contributed by atoms with Gasteiger partial charge in [0, 0.05) is 40.2 Å². The molecule has 0 aliphatic carbocycles. The lowest BCUT2D eigenvalue weighted by Crippen LogP contribution is -2.65. The first-order chi connectivity index (χ1) is 16.6. The van der Waals surface area contributed by atoms with Gasteiger partial charge in [-0.25, -0.2) is 0 Å². The highest BCUT2D eigenvalue weighted by Crippen LogP contribution is 2.40. The molecule has 1 fully saturated rings. The number of aromatic nitrogens is 3. The number of hydrogen-bond acceptors (Lipinski definition) is 5. The molecule has 1 aliphatic rings. The molecule has 7 nitrogen and oxygen atoms in total. The SMILES string of the molecule is COc1ccc(CN(C)Cc2cn(CC3N(C(=O)c4cc(Br)c(C)cc4Br)CC3(C)C)nn2)cc1. The van der Waals surface area contributed by atoms with E-state index in [9.17, 15) is 4.79 Å². The van der Waals surface area contributed by atoms with Crippen molar-refractivity contribution in [3.05, 3.63) is 73.9 Å². The van der Waals surface area contributed by atoms with Crippen molar-refractivity contribution in [2.24, 2.45) is 5.41 Å². The van der Waals surface area contributed by atoms with E-state index in [1.165, 1.54) is 5.56 Å². The lowest BCUT2D eigenvalue weighted by atomic mass is 9.74. The van der Waals surface area contributed by atoms with Gasteiger partial charge >= 0.3 is 0 Å². The summed E-state index contributed by atoms with van der Waals surface area (Å²) in [5.41, 5.74) is 3.87. The third-order valence-electron chi connectivity index (χ3n) is 6.59. The second kappa shape index (κ2) is 10.4. The van der Waals surface area contributed by atoms with Gasteiger partial charge in [-0.1, -0.05) is 47.1 Å². The van der Waals surface area contributed by atoms with E-state index in [4.69, 9.17) is 4.74 Å². The molecule has 0 spiro atoms. The number of likely N-dealkylation sites (tertiary alicyclic amines) is 1. The third-order valence-corrected chi connectivity index (χ3v) is 8.10. The summed E-state index contributed by atoms with van der Waals surface area (Å²) < 4.78 is 8.84. The van der Waals surface area contributed by atoms with Crippen LogP contribution in [0.2, 0.25) is 0 Å². The average molecular weight is 605 g/mol. The van der Waals surface area contributed by atoms with Crippen LogP contribution in [0.4, 0.5) is 0 Å². The predicted molar refractivity (Wildman–Crippen MR) is 143 cm³/mol. The van der Waals surface area contributed by atoms with Crippen molar-refractivity contribution in [1.29, 1.82) is 0 Å². The minimum absolute atomic E-state index is 0.00133. The van der Waals surface area contributed by atoms with E-state index in [1.54, 1.807) is 7.11 Å². The minimum Gasteiger partial charge on any atom is -0.497 e. The summed E-state index contributed by atoms with van der Waals surface area (Å²) in [6.07, 6.45) is 1.99. The van der Waals surface area contributed by atoms with E-state index in [2.05, 4.69) is 80.1 Å². The molecule has 0 saturated carbocycles. The molecule has 186 valence electrons. The highest BCUT2D eigenvalue weighted by Gasteiger charge is 2.48. The molecule has 9 heteroatoms. The minimum atomic E-state index is 0.00133. The summed E-state index contributed by atoms with van der Waals surface area (Å²) in [5, 5.41) is 8.75. The molecule has 2 heterocycles. The number of carbonyl (C=O) groups excluding carboxylic acids is 1. The summed E-state index contributed by atoms with van der Waals surface area (Å²) in [6, 6.07) is 12.0. The fraction of sp³-hybridized carbons (Fsp3) is 0.423. The smallest absolute Gasteiger partial charge is 0.255 e. The molecule has 35 heavy (non-hydrogen) atoms. The van der Waals surface area contributed by atoms with E-state index >= 15 is 0 Å². The van der Waals surface area contributed by atoms with Crippen molar-refractivity contribution >= 4 is 37.8 Å². The lowest BCUT2D eigenvalue weighted by molar-refractivity contribution is -0.0396. The molecule has 0 bridgehead atoms. The van der Waals surface area contributed by atoms with Gasteiger partial charge in [0.05, 0.1) is 31.0 Å². The first-order valence-electron chi connectivity index (χ1n) is 11.5. The van der Waals surface area contributed by atoms with Crippen molar-refractivity contribution in [1.82, 2.24) is 24.8 Å².